The minimum Gasteiger partial charge on any atom is -0.373 e. The van der Waals surface area contributed by atoms with Crippen molar-refractivity contribution in [1.29, 1.82) is 0 Å². The van der Waals surface area contributed by atoms with Gasteiger partial charge in [0, 0.05) is 12.8 Å². The molecule has 0 bridgehead atoms. The molecule has 0 aliphatic carbocycles. The van der Waals surface area contributed by atoms with Gasteiger partial charge in [-0.15, -0.1) is 0 Å². The van der Waals surface area contributed by atoms with Gasteiger partial charge < -0.3 is 10.1 Å². The minimum absolute atomic E-state index is 0.165. The number of ether oxygens (including phenoxy) is 1. The molecule has 1 N–H and O–H groups in total. The maximum absolute atomic E-state index is 12.2. The molecular weight excluding hydrogens is 287 g/mol. The Morgan fingerprint density at radius 1 is 1.58 bits per heavy atom. The Morgan fingerprint density at radius 2 is 2.32 bits per heavy atom. The standard InChI is InChI=1S/C13H14Cl2N2O2/c1-7(2)11-9(3-4-19-11)13(18)17-12-10(15)5-8(14)6-16-12/h5-6,9,11H,1,3-4H2,2H3,(H,16,17,18)/t9-,11-/m0/s1. The quantitative estimate of drug-likeness (QED) is 0.871. The predicted molar refractivity (Wildman–Crippen MR) is 75.5 cm³/mol. The van der Waals surface area contributed by atoms with Gasteiger partial charge >= 0.3 is 0 Å². The van der Waals surface area contributed by atoms with E-state index in [9.17, 15) is 4.79 Å². The zero-order valence-electron chi connectivity index (χ0n) is 10.5. The van der Waals surface area contributed by atoms with Crippen molar-refractivity contribution in [2.75, 3.05) is 11.9 Å². The number of carbonyl (C=O) groups is 1. The Balaban J connectivity index is 2.10. The fourth-order valence-corrected chi connectivity index (χ4v) is 2.49. The van der Waals surface area contributed by atoms with Crippen LogP contribution < -0.4 is 5.32 Å². The summed E-state index contributed by atoms with van der Waals surface area (Å²) in [5.74, 6) is -0.114. The van der Waals surface area contributed by atoms with E-state index in [4.69, 9.17) is 27.9 Å². The van der Waals surface area contributed by atoms with E-state index in [2.05, 4.69) is 16.9 Å². The summed E-state index contributed by atoms with van der Waals surface area (Å²) >= 11 is 11.7. The molecule has 19 heavy (non-hydrogen) atoms. The van der Waals surface area contributed by atoms with Crippen molar-refractivity contribution < 1.29 is 9.53 Å². The Hall–Kier alpha value is -1.10. The van der Waals surface area contributed by atoms with E-state index in [1.54, 1.807) is 0 Å². The fourth-order valence-electron chi connectivity index (χ4n) is 2.06. The molecule has 1 aromatic heterocycles. The minimum atomic E-state index is -0.258. The number of hydrogen-bond donors (Lipinski definition) is 1. The van der Waals surface area contributed by atoms with Crippen molar-refractivity contribution in [2.45, 2.75) is 19.4 Å². The van der Waals surface area contributed by atoms with Gasteiger partial charge in [-0.1, -0.05) is 35.4 Å². The summed E-state index contributed by atoms with van der Waals surface area (Å²) in [4.78, 5) is 16.2. The normalized spacial score (nSPS) is 22.3. The monoisotopic (exact) mass is 300 g/mol. The second-order valence-electron chi connectivity index (χ2n) is 4.51. The van der Waals surface area contributed by atoms with Crippen LogP contribution in [0.3, 0.4) is 0 Å². The van der Waals surface area contributed by atoms with Crippen LogP contribution in [0.2, 0.25) is 10.0 Å². The van der Waals surface area contributed by atoms with Gasteiger partial charge in [-0.25, -0.2) is 4.98 Å². The molecule has 1 fully saturated rings. The molecule has 1 aromatic rings. The molecule has 2 heterocycles. The van der Waals surface area contributed by atoms with Gasteiger partial charge in [0.05, 0.1) is 22.1 Å². The lowest BCUT2D eigenvalue weighted by molar-refractivity contribution is -0.120. The van der Waals surface area contributed by atoms with Crippen molar-refractivity contribution in [3.8, 4) is 0 Å². The number of halogens is 2. The Bertz CT molecular complexity index is 519. The lowest BCUT2D eigenvalue weighted by Gasteiger charge is -2.18. The summed E-state index contributed by atoms with van der Waals surface area (Å²) in [6.07, 6.45) is 1.85. The van der Waals surface area contributed by atoms with Gasteiger partial charge in [0.25, 0.3) is 0 Å². The van der Waals surface area contributed by atoms with E-state index < -0.39 is 0 Å². The van der Waals surface area contributed by atoms with Gasteiger partial charge in [0.1, 0.15) is 0 Å². The molecular formula is C13H14Cl2N2O2. The molecule has 102 valence electrons. The maximum atomic E-state index is 12.2. The number of anilines is 1. The van der Waals surface area contributed by atoms with Crippen LogP contribution in [0, 0.1) is 5.92 Å². The number of carbonyl (C=O) groups excluding carboxylic acids is 1. The SMILES string of the molecule is C=C(C)[C@@H]1OCC[C@@H]1C(=O)Nc1ncc(Cl)cc1Cl. The van der Waals surface area contributed by atoms with Gasteiger partial charge in [0.15, 0.2) is 5.82 Å². The third-order valence-corrected chi connectivity index (χ3v) is 3.46. The largest absolute Gasteiger partial charge is 0.373 e. The number of amides is 1. The van der Waals surface area contributed by atoms with Gasteiger partial charge in [-0.05, 0) is 19.4 Å². The van der Waals surface area contributed by atoms with Gasteiger partial charge in [-0.3, -0.25) is 4.79 Å². The molecule has 2 atom stereocenters. The summed E-state index contributed by atoms with van der Waals surface area (Å²) < 4.78 is 5.50. The molecule has 1 saturated heterocycles. The average Bonchev–Trinajstić information content (AvgIpc) is 2.82. The first kappa shape index (κ1) is 14.3. The Labute approximate surface area is 121 Å². The lowest BCUT2D eigenvalue weighted by Crippen LogP contribution is -2.30. The second kappa shape index (κ2) is 5.90. The highest BCUT2D eigenvalue weighted by Gasteiger charge is 2.34. The molecule has 1 aliphatic rings. The predicted octanol–water partition coefficient (Wildman–Crippen LogP) is 3.31. The van der Waals surface area contributed by atoms with Crippen molar-refractivity contribution in [3.63, 3.8) is 0 Å². The van der Waals surface area contributed by atoms with Gasteiger partial charge in [-0.2, -0.15) is 0 Å². The maximum Gasteiger partial charge on any atom is 0.231 e. The van der Waals surface area contributed by atoms with Crippen LogP contribution in [0.1, 0.15) is 13.3 Å². The smallest absolute Gasteiger partial charge is 0.231 e. The van der Waals surface area contributed by atoms with E-state index in [1.807, 2.05) is 6.92 Å². The van der Waals surface area contributed by atoms with E-state index in [1.165, 1.54) is 12.3 Å². The van der Waals surface area contributed by atoms with Crippen LogP contribution in [0.5, 0.6) is 0 Å². The van der Waals surface area contributed by atoms with E-state index in [-0.39, 0.29) is 17.9 Å². The molecule has 0 radical (unpaired) electrons. The Morgan fingerprint density at radius 3 is 2.95 bits per heavy atom. The number of nitrogens with zero attached hydrogens (tertiary/aromatic N) is 1. The van der Waals surface area contributed by atoms with Crippen LogP contribution in [0.15, 0.2) is 24.4 Å². The van der Waals surface area contributed by atoms with Gasteiger partial charge in [0.2, 0.25) is 5.91 Å². The van der Waals surface area contributed by atoms with Crippen LogP contribution in [0.4, 0.5) is 5.82 Å². The topological polar surface area (TPSA) is 51.2 Å². The molecule has 1 amide bonds. The number of hydrogen-bond acceptors (Lipinski definition) is 3. The van der Waals surface area contributed by atoms with Crippen LogP contribution >= 0.6 is 23.2 Å². The summed E-state index contributed by atoms with van der Waals surface area (Å²) in [7, 11) is 0. The third kappa shape index (κ3) is 3.26. The summed E-state index contributed by atoms with van der Waals surface area (Å²) in [6.45, 7) is 6.25. The molecule has 0 aromatic carbocycles. The van der Waals surface area contributed by atoms with E-state index in [0.29, 0.717) is 28.9 Å². The molecule has 0 spiro atoms. The molecule has 6 heteroatoms. The zero-order valence-corrected chi connectivity index (χ0v) is 12.0. The highest BCUT2D eigenvalue weighted by molar-refractivity contribution is 6.36. The molecule has 0 saturated carbocycles. The van der Waals surface area contributed by atoms with E-state index in [0.717, 1.165) is 5.57 Å². The first-order chi connectivity index (χ1) is 8.99. The number of rotatable bonds is 3. The summed E-state index contributed by atoms with van der Waals surface area (Å²) in [5.41, 5.74) is 0.841. The summed E-state index contributed by atoms with van der Waals surface area (Å²) in [5, 5.41) is 3.44. The Kier molecular flexibility index (Phi) is 4.45. The first-order valence-corrected chi connectivity index (χ1v) is 6.63. The van der Waals surface area contributed by atoms with Crippen molar-refractivity contribution >= 4 is 34.9 Å². The highest BCUT2D eigenvalue weighted by Crippen LogP contribution is 2.28. The lowest BCUT2D eigenvalue weighted by atomic mass is 9.96. The van der Waals surface area contributed by atoms with E-state index >= 15 is 0 Å². The number of pyridine rings is 1. The molecule has 0 unspecified atom stereocenters. The van der Waals surface area contributed by atoms with Crippen LogP contribution in [-0.4, -0.2) is 23.6 Å². The second-order valence-corrected chi connectivity index (χ2v) is 5.35. The highest BCUT2D eigenvalue weighted by atomic mass is 35.5. The third-order valence-electron chi connectivity index (χ3n) is 2.96. The zero-order chi connectivity index (χ0) is 14.0. The van der Waals surface area contributed by atoms with Crippen molar-refractivity contribution in [2.24, 2.45) is 5.92 Å². The molecule has 4 nitrogen and oxygen atoms in total. The van der Waals surface area contributed by atoms with Crippen LogP contribution in [0.25, 0.3) is 0 Å². The number of aromatic nitrogens is 1. The molecule has 2 rings (SSSR count). The van der Waals surface area contributed by atoms with Crippen molar-refractivity contribution in [3.05, 3.63) is 34.5 Å². The fraction of sp³-hybridized carbons (Fsp3) is 0.385. The summed E-state index contributed by atoms with van der Waals surface area (Å²) in [6, 6.07) is 1.53. The number of nitrogens with one attached hydrogen (secondary N) is 1. The first-order valence-electron chi connectivity index (χ1n) is 5.88. The van der Waals surface area contributed by atoms with Crippen LogP contribution in [-0.2, 0) is 9.53 Å². The van der Waals surface area contributed by atoms with Crippen molar-refractivity contribution in [1.82, 2.24) is 4.98 Å². The average molecular weight is 301 g/mol. The molecule has 1 aliphatic heterocycles.